The van der Waals surface area contributed by atoms with Gasteiger partial charge in [-0.15, -0.1) is 0 Å². The van der Waals surface area contributed by atoms with Crippen LogP contribution in [0.4, 0.5) is 0 Å². The van der Waals surface area contributed by atoms with Crippen LogP contribution in [0.5, 0.6) is 0 Å². The summed E-state index contributed by atoms with van der Waals surface area (Å²) in [6.45, 7) is 3.14. The fraction of sp³-hybridized carbons (Fsp3) is 0.933. The molecule has 0 atom stereocenters. The molecule has 0 aromatic heterocycles. The first-order valence-corrected chi connectivity index (χ1v) is 10.3. The van der Waals surface area contributed by atoms with Crippen molar-refractivity contribution in [1.29, 1.82) is 0 Å². The lowest BCUT2D eigenvalue weighted by molar-refractivity contribution is -0.127. The van der Waals surface area contributed by atoms with Gasteiger partial charge in [-0.05, 0) is 38.5 Å². The molecule has 3 fully saturated rings. The van der Waals surface area contributed by atoms with Crippen LogP contribution in [0.2, 0.25) is 0 Å². The van der Waals surface area contributed by atoms with Gasteiger partial charge in [0.15, 0.2) is 0 Å². The van der Waals surface area contributed by atoms with Crippen LogP contribution < -0.4 is 5.32 Å². The first-order chi connectivity index (χ1) is 10.4. The molecule has 22 heavy (non-hydrogen) atoms. The maximum Gasteiger partial charge on any atom is 0.223 e. The molecule has 0 bridgehead atoms. The van der Waals surface area contributed by atoms with E-state index in [9.17, 15) is 13.2 Å². The summed E-state index contributed by atoms with van der Waals surface area (Å²) in [5, 5.41) is 3.19. The Kier molecular flexibility index (Phi) is 4.75. The van der Waals surface area contributed by atoms with E-state index >= 15 is 0 Å². The van der Waals surface area contributed by atoms with Crippen LogP contribution in [0.15, 0.2) is 0 Å². The number of likely N-dealkylation sites (tertiary alicyclic amines) is 1. The molecule has 3 aliphatic rings. The molecule has 1 saturated carbocycles. The van der Waals surface area contributed by atoms with Crippen molar-refractivity contribution in [3.8, 4) is 0 Å². The summed E-state index contributed by atoms with van der Waals surface area (Å²) < 4.78 is 24.5. The smallest absolute Gasteiger partial charge is 0.223 e. The number of sulfonamides is 1. The van der Waals surface area contributed by atoms with Gasteiger partial charge in [0.1, 0.15) is 0 Å². The SMILES string of the molecule is CS(=O)(=O)N1CCC(C(=O)NC2CCN(C3CC3)CC2)CC1. The molecule has 2 heterocycles. The van der Waals surface area contributed by atoms with Crippen molar-refractivity contribution < 1.29 is 13.2 Å². The number of carbonyl (C=O) groups excluding carboxylic acids is 1. The zero-order chi connectivity index (χ0) is 15.7. The van der Waals surface area contributed by atoms with E-state index in [0.29, 0.717) is 32.0 Å². The Labute approximate surface area is 133 Å². The Morgan fingerprint density at radius 1 is 0.955 bits per heavy atom. The molecule has 2 saturated heterocycles. The minimum Gasteiger partial charge on any atom is -0.353 e. The van der Waals surface area contributed by atoms with Crippen LogP contribution in [-0.4, -0.2) is 68.0 Å². The predicted molar refractivity (Wildman–Crippen MR) is 84.9 cm³/mol. The van der Waals surface area contributed by atoms with Crippen LogP contribution in [0, 0.1) is 5.92 Å². The summed E-state index contributed by atoms with van der Waals surface area (Å²) in [5.74, 6) is 0.0949. The standard InChI is InChI=1S/C15H27N3O3S/c1-22(20,21)18-10-4-12(5-11-18)15(19)16-13-6-8-17(9-7-13)14-2-3-14/h12-14H,2-11H2,1H3,(H,16,19). The fourth-order valence-corrected chi connectivity index (χ4v) is 4.49. The van der Waals surface area contributed by atoms with Gasteiger partial charge >= 0.3 is 0 Å². The summed E-state index contributed by atoms with van der Waals surface area (Å²) in [6, 6.07) is 1.12. The van der Waals surface area contributed by atoms with Crippen LogP contribution in [0.1, 0.15) is 38.5 Å². The van der Waals surface area contributed by atoms with E-state index in [2.05, 4.69) is 10.2 Å². The monoisotopic (exact) mass is 329 g/mol. The number of hydrogen-bond donors (Lipinski definition) is 1. The van der Waals surface area contributed by atoms with Crippen molar-refractivity contribution in [2.24, 2.45) is 5.92 Å². The number of nitrogens with one attached hydrogen (secondary N) is 1. The lowest BCUT2D eigenvalue weighted by Crippen LogP contribution is -2.48. The largest absolute Gasteiger partial charge is 0.353 e. The highest BCUT2D eigenvalue weighted by Crippen LogP contribution is 2.29. The Bertz CT molecular complexity index is 502. The Morgan fingerprint density at radius 3 is 2.05 bits per heavy atom. The van der Waals surface area contributed by atoms with Crippen molar-refractivity contribution in [3.63, 3.8) is 0 Å². The first-order valence-electron chi connectivity index (χ1n) is 8.43. The van der Waals surface area contributed by atoms with E-state index < -0.39 is 10.0 Å². The third kappa shape index (κ3) is 4.00. The van der Waals surface area contributed by atoms with E-state index in [0.717, 1.165) is 32.0 Å². The van der Waals surface area contributed by atoms with Gasteiger partial charge in [-0.2, -0.15) is 0 Å². The predicted octanol–water partition coefficient (Wildman–Crippen LogP) is 0.401. The van der Waals surface area contributed by atoms with Gasteiger partial charge in [-0.25, -0.2) is 12.7 Å². The van der Waals surface area contributed by atoms with Gasteiger partial charge in [0.05, 0.1) is 6.26 Å². The lowest BCUT2D eigenvalue weighted by Gasteiger charge is -2.34. The molecule has 1 amide bonds. The molecular weight excluding hydrogens is 302 g/mol. The molecule has 0 radical (unpaired) electrons. The molecule has 6 nitrogen and oxygen atoms in total. The van der Waals surface area contributed by atoms with E-state index in [1.54, 1.807) is 0 Å². The number of rotatable bonds is 4. The molecule has 1 N–H and O–H groups in total. The average Bonchev–Trinajstić information content (AvgIpc) is 3.32. The highest BCUT2D eigenvalue weighted by Gasteiger charge is 2.33. The summed E-state index contributed by atoms with van der Waals surface area (Å²) >= 11 is 0. The second-order valence-corrected chi connectivity index (χ2v) is 8.97. The molecule has 3 rings (SSSR count). The van der Waals surface area contributed by atoms with Crippen LogP contribution in [0.25, 0.3) is 0 Å². The molecular formula is C15H27N3O3S. The highest BCUT2D eigenvalue weighted by molar-refractivity contribution is 7.88. The van der Waals surface area contributed by atoms with E-state index in [4.69, 9.17) is 0 Å². The third-order valence-electron chi connectivity index (χ3n) is 5.23. The number of nitrogens with zero attached hydrogens (tertiary/aromatic N) is 2. The van der Waals surface area contributed by atoms with Crippen molar-refractivity contribution in [3.05, 3.63) is 0 Å². The fourth-order valence-electron chi connectivity index (χ4n) is 3.62. The molecule has 0 unspecified atom stereocenters. The number of piperidine rings is 2. The zero-order valence-corrected chi connectivity index (χ0v) is 14.1. The number of amides is 1. The zero-order valence-electron chi connectivity index (χ0n) is 13.3. The minimum absolute atomic E-state index is 0.0283. The summed E-state index contributed by atoms with van der Waals surface area (Å²) in [4.78, 5) is 14.9. The topological polar surface area (TPSA) is 69.7 Å². The van der Waals surface area contributed by atoms with E-state index in [1.807, 2.05) is 0 Å². The summed E-state index contributed by atoms with van der Waals surface area (Å²) in [5.41, 5.74) is 0. The van der Waals surface area contributed by atoms with Gasteiger partial charge in [-0.3, -0.25) is 4.79 Å². The summed E-state index contributed by atoms with van der Waals surface area (Å²) in [7, 11) is -3.11. The van der Waals surface area contributed by atoms with Crippen molar-refractivity contribution in [1.82, 2.24) is 14.5 Å². The van der Waals surface area contributed by atoms with E-state index in [-0.39, 0.29) is 11.8 Å². The molecule has 1 aliphatic carbocycles. The van der Waals surface area contributed by atoms with Gasteiger partial charge in [0, 0.05) is 44.2 Å². The summed E-state index contributed by atoms with van der Waals surface area (Å²) in [6.07, 6.45) is 7.29. The molecule has 0 aromatic rings. The second-order valence-electron chi connectivity index (χ2n) is 6.99. The molecule has 126 valence electrons. The van der Waals surface area contributed by atoms with Gasteiger partial charge in [0.2, 0.25) is 15.9 Å². The van der Waals surface area contributed by atoms with Crippen molar-refractivity contribution in [2.45, 2.75) is 50.6 Å². The van der Waals surface area contributed by atoms with E-state index in [1.165, 1.54) is 23.4 Å². The van der Waals surface area contributed by atoms with Crippen LogP contribution in [0.3, 0.4) is 0 Å². The lowest BCUT2D eigenvalue weighted by atomic mass is 9.96. The average molecular weight is 329 g/mol. The van der Waals surface area contributed by atoms with Gasteiger partial charge < -0.3 is 10.2 Å². The van der Waals surface area contributed by atoms with Gasteiger partial charge in [0.25, 0.3) is 0 Å². The molecule has 7 heteroatoms. The molecule has 0 spiro atoms. The van der Waals surface area contributed by atoms with Crippen LogP contribution in [-0.2, 0) is 14.8 Å². The Balaban J connectivity index is 1.41. The number of carbonyl (C=O) groups is 1. The Hall–Kier alpha value is -0.660. The Morgan fingerprint density at radius 2 is 1.55 bits per heavy atom. The molecule has 2 aliphatic heterocycles. The number of hydrogen-bond acceptors (Lipinski definition) is 4. The van der Waals surface area contributed by atoms with Gasteiger partial charge in [-0.1, -0.05) is 0 Å². The van der Waals surface area contributed by atoms with Crippen molar-refractivity contribution in [2.75, 3.05) is 32.4 Å². The normalized spacial score (nSPS) is 27.0. The first kappa shape index (κ1) is 16.2. The second kappa shape index (κ2) is 6.45. The quantitative estimate of drug-likeness (QED) is 0.811. The van der Waals surface area contributed by atoms with Crippen molar-refractivity contribution >= 4 is 15.9 Å². The highest BCUT2D eigenvalue weighted by atomic mass is 32.2. The molecule has 0 aromatic carbocycles. The minimum atomic E-state index is -3.11. The maximum absolute atomic E-state index is 12.4. The van der Waals surface area contributed by atoms with Crippen LogP contribution >= 0.6 is 0 Å². The maximum atomic E-state index is 12.4. The third-order valence-corrected chi connectivity index (χ3v) is 6.54.